The number of aromatic nitrogens is 2. The normalized spacial score (nSPS) is 20.8. The minimum Gasteiger partial charge on any atom is -0.310 e. The van der Waals surface area contributed by atoms with Gasteiger partial charge in [0.25, 0.3) is 11.9 Å². The standard InChI is InChI=1S/C21H27N5O2/c1-13-14(2)22-21(24-20(13)28)26-18(12-17(25-26)16-9-10-16)23-19(27)11-8-15-6-4-3-5-7-15/h12,15-16H,1,3-11H2,2H3,(H,23,27). The molecule has 148 valence electrons. The van der Waals surface area contributed by atoms with Crippen molar-refractivity contribution in [3.63, 3.8) is 0 Å². The third-order valence-electron chi connectivity index (χ3n) is 5.85. The molecule has 0 aromatic carbocycles. The van der Waals surface area contributed by atoms with Gasteiger partial charge in [0.1, 0.15) is 5.82 Å². The van der Waals surface area contributed by atoms with Crippen LogP contribution in [0.25, 0.3) is 0 Å². The van der Waals surface area contributed by atoms with Gasteiger partial charge in [0.2, 0.25) is 5.91 Å². The molecule has 2 amide bonds. The molecule has 1 aromatic rings. The van der Waals surface area contributed by atoms with Gasteiger partial charge in [-0.05, 0) is 32.1 Å². The number of rotatable bonds is 5. The van der Waals surface area contributed by atoms with Crippen LogP contribution in [-0.4, -0.2) is 33.3 Å². The van der Waals surface area contributed by atoms with Gasteiger partial charge in [-0.2, -0.15) is 14.8 Å². The van der Waals surface area contributed by atoms with Crippen LogP contribution in [0.3, 0.4) is 0 Å². The molecular weight excluding hydrogens is 354 g/mol. The molecular formula is C21H27N5O2. The van der Waals surface area contributed by atoms with E-state index in [9.17, 15) is 9.59 Å². The number of anilines is 1. The lowest BCUT2D eigenvalue weighted by atomic mass is 9.86. The van der Waals surface area contributed by atoms with Gasteiger partial charge in [0.05, 0.1) is 17.0 Å². The summed E-state index contributed by atoms with van der Waals surface area (Å²) in [7, 11) is 0. The third-order valence-corrected chi connectivity index (χ3v) is 5.85. The lowest BCUT2D eigenvalue weighted by molar-refractivity contribution is -0.116. The molecule has 28 heavy (non-hydrogen) atoms. The molecule has 0 spiro atoms. The molecule has 1 N–H and O–H groups in total. The van der Waals surface area contributed by atoms with Crippen LogP contribution in [0.4, 0.5) is 5.82 Å². The molecule has 0 bridgehead atoms. The summed E-state index contributed by atoms with van der Waals surface area (Å²) in [5, 5.41) is 7.54. The molecule has 4 rings (SSSR count). The Morgan fingerprint density at radius 1 is 1.21 bits per heavy atom. The van der Waals surface area contributed by atoms with Crippen molar-refractivity contribution in [2.24, 2.45) is 15.9 Å². The van der Waals surface area contributed by atoms with Crippen LogP contribution in [0, 0.1) is 5.92 Å². The monoisotopic (exact) mass is 381 g/mol. The third kappa shape index (κ3) is 4.13. The number of nitrogens with one attached hydrogen (secondary N) is 1. The van der Waals surface area contributed by atoms with Crippen LogP contribution in [-0.2, 0) is 9.59 Å². The second kappa shape index (κ2) is 7.81. The number of nitrogens with zero attached hydrogens (tertiary/aromatic N) is 4. The van der Waals surface area contributed by atoms with E-state index >= 15 is 0 Å². The highest BCUT2D eigenvalue weighted by Crippen LogP contribution is 2.40. The van der Waals surface area contributed by atoms with E-state index in [0.717, 1.165) is 25.0 Å². The van der Waals surface area contributed by atoms with Gasteiger partial charge in [0.15, 0.2) is 0 Å². The molecule has 2 saturated carbocycles. The van der Waals surface area contributed by atoms with Crippen molar-refractivity contribution in [3.05, 3.63) is 23.9 Å². The Labute approximate surface area is 165 Å². The van der Waals surface area contributed by atoms with E-state index in [1.807, 2.05) is 6.07 Å². The smallest absolute Gasteiger partial charge is 0.281 e. The van der Waals surface area contributed by atoms with Crippen molar-refractivity contribution in [1.82, 2.24) is 9.78 Å². The van der Waals surface area contributed by atoms with Gasteiger partial charge < -0.3 is 5.32 Å². The topological polar surface area (TPSA) is 88.7 Å². The maximum absolute atomic E-state index is 12.6. The summed E-state index contributed by atoms with van der Waals surface area (Å²) in [6, 6.07) is 1.89. The lowest BCUT2D eigenvalue weighted by Crippen LogP contribution is -2.25. The van der Waals surface area contributed by atoms with Gasteiger partial charge >= 0.3 is 0 Å². The molecule has 1 aromatic heterocycles. The van der Waals surface area contributed by atoms with Gasteiger partial charge in [-0.15, -0.1) is 0 Å². The first-order valence-electron chi connectivity index (χ1n) is 10.3. The van der Waals surface area contributed by atoms with Crippen LogP contribution >= 0.6 is 0 Å². The number of hydrogen-bond acceptors (Lipinski definition) is 4. The molecule has 0 saturated heterocycles. The first-order chi connectivity index (χ1) is 13.5. The minimum absolute atomic E-state index is 0.0260. The molecule has 1 aliphatic heterocycles. The van der Waals surface area contributed by atoms with E-state index in [1.54, 1.807) is 6.92 Å². The highest BCUT2D eigenvalue weighted by atomic mass is 16.2. The maximum atomic E-state index is 12.6. The molecule has 3 aliphatic rings. The van der Waals surface area contributed by atoms with E-state index in [0.29, 0.717) is 29.8 Å². The van der Waals surface area contributed by atoms with Crippen molar-refractivity contribution in [1.29, 1.82) is 0 Å². The van der Waals surface area contributed by atoms with Crippen LogP contribution < -0.4 is 5.32 Å². The van der Waals surface area contributed by atoms with E-state index in [4.69, 9.17) is 0 Å². The van der Waals surface area contributed by atoms with Gasteiger partial charge in [-0.1, -0.05) is 38.7 Å². The predicted octanol–water partition coefficient (Wildman–Crippen LogP) is 3.82. The minimum atomic E-state index is -0.416. The molecule has 0 atom stereocenters. The largest absolute Gasteiger partial charge is 0.310 e. The van der Waals surface area contributed by atoms with Crippen molar-refractivity contribution in [2.75, 3.05) is 5.32 Å². The zero-order chi connectivity index (χ0) is 19.7. The maximum Gasteiger partial charge on any atom is 0.281 e. The van der Waals surface area contributed by atoms with Crippen LogP contribution in [0.15, 0.2) is 28.2 Å². The second-order valence-corrected chi connectivity index (χ2v) is 8.12. The highest BCUT2D eigenvalue weighted by molar-refractivity contribution is 6.27. The first-order valence-corrected chi connectivity index (χ1v) is 10.3. The van der Waals surface area contributed by atoms with Crippen LogP contribution in [0.5, 0.6) is 0 Å². The summed E-state index contributed by atoms with van der Waals surface area (Å²) >= 11 is 0. The summed E-state index contributed by atoms with van der Waals surface area (Å²) in [5.41, 5.74) is 1.72. The Morgan fingerprint density at radius 3 is 2.64 bits per heavy atom. The van der Waals surface area contributed by atoms with Crippen LogP contribution in [0.2, 0.25) is 0 Å². The molecule has 0 unspecified atom stereocenters. The summed E-state index contributed by atoms with van der Waals surface area (Å²) < 4.78 is 1.49. The fraction of sp³-hybridized carbons (Fsp3) is 0.571. The Bertz CT molecular complexity index is 869. The SMILES string of the molecule is C=C1C(=O)N=C(n2nc(C3CC3)cc2NC(=O)CCC2CCCCC2)N=C1C. The van der Waals surface area contributed by atoms with Crippen molar-refractivity contribution in [3.8, 4) is 0 Å². The van der Waals surface area contributed by atoms with Gasteiger partial charge in [-0.3, -0.25) is 9.59 Å². The molecule has 2 heterocycles. The van der Waals surface area contributed by atoms with E-state index in [1.165, 1.54) is 36.8 Å². The van der Waals surface area contributed by atoms with Gasteiger partial charge in [0, 0.05) is 18.4 Å². The zero-order valence-electron chi connectivity index (χ0n) is 16.4. The van der Waals surface area contributed by atoms with Gasteiger partial charge in [-0.25, -0.2) is 4.99 Å². The van der Waals surface area contributed by atoms with E-state index in [-0.39, 0.29) is 17.4 Å². The Hall–Kier alpha value is -2.57. The summed E-state index contributed by atoms with van der Waals surface area (Å²) in [6.45, 7) is 5.43. The predicted molar refractivity (Wildman–Crippen MR) is 109 cm³/mol. The number of hydrogen-bond donors (Lipinski definition) is 1. The zero-order valence-corrected chi connectivity index (χ0v) is 16.4. The number of carbonyl (C=O) groups is 2. The average Bonchev–Trinajstić information content (AvgIpc) is 3.46. The summed E-state index contributed by atoms with van der Waals surface area (Å²) in [6.07, 6.45) is 9.94. The fourth-order valence-electron chi connectivity index (χ4n) is 3.89. The lowest BCUT2D eigenvalue weighted by Gasteiger charge is -2.21. The molecule has 7 nitrogen and oxygen atoms in total. The second-order valence-electron chi connectivity index (χ2n) is 8.12. The Kier molecular flexibility index (Phi) is 5.24. The molecule has 7 heteroatoms. The fourth-order valence-corrected chi connectivity index (χ4v) is 3.89. The number of amides is 2. The average molecular weight is 381 g/mol. The summed E-state index contributed by atoms with van der Waals surface area (Å²) in [4.78, 5) is 33.0. The van der Waals surface area contributed by atoms with E-state index in [2.05, 4.69) is 27.0 Å². The Balaban J connectivity index is 1.50. The quantitative estimate of drug-likeness (QED) is 0.786. The molecule has 2 fully saturated rings. The van der Waals surface area contributed by atoms with E-state index < -0.39 is 5.91 Å². The van der Waals surface area contributed by atoms with Crippen molar-refractivity contribution < 1.29 is 9.59 Å². The number of carbonyl (C=O) groups excluding carboxylic acids is 2. The highest BCUT2D eigenvalue weighted by Gasteiger charge is 2.29. The molecule has 2 aliphatic carbocycles. The Morgan fingerprint density at radius 2 is 1.96 bits per heavy atom. The van der Waals surface area contributed by atoms with Crippen molar-refractivity contribution in [2.45, 2.75) is 70.6 Å². The van der Waals surface area contributed by atoms with Crippen LogP contribution in [0.1, 0.15) is 76.3 Å². The first kappa shape index (κ1) is 18.8. The van der Waals surface area contributed by atoms with Crippen molar-refractivity contribution >= 4 is 29.3 Å². The summed E-state index contributed by atoms with van der Waals surface area (Å²) in [5.74, 6) is 1.35. The number of aliphatic imine (C=N–C) groups is 2. The molecule has 0 radical (unpaired) electrons.